The second-order valence-corrected chi connectivity index (χ2v) is 6.36. The van der Waals surface area contributed by atoms with Gasteiger partial charge in [0, 0.05) is 13.6 Å². The summed E-state index contributed by atoms with van der Waals surface area (Å²) in [7, 11) is 3.32. The van der Waals surface area contributed by atoms with Gasteiger partial charge in [-0.05, 0) is 36.6 Å². The van der Waals surface area contributed by atoms with E-state index in [0.29, 0.717) is 35.4 Å². The van der Waals surface area contributed by atoms with Gasteiger partial charge in [0.2, 0.25) is 0 Å². The standard InChI is InChI=1S/C18H24ClN3O3/c1-6-25-17-13(19)7-12(8-16(17)24-5)10-20-18(23)15-9-14(11(2)3)21-22(15)4/h7-9,11H,6,10H2,1-5H3,(H,20,23). The van der Waals surface area contributed by atoms with Gasteiger partial charge in [-0.3, -0.25) is 9.48 Å². The smallest absolute Gasteiger partial charge is 0.269 e. The highest BCUT2D eigenvalue weighted by atomic mass is 35.5. The van der Waals surface area contributed by atoms with Crippen LogP contribution in [-0.2, 0) is 13.6 Å². The van der Waals surface area contributed by atoms with Gasteiger partial charge in [0.25, 0.3) is 5.91 Å². The van der Waals surface area contributed by atoms with Crippen molar-refractivity contribution in [3.05, 3.63) is 40.2 Å². The van der Waals surface area contributed by atoms with Gasteiger partial charge < -0.3 is 14.8 Å². The maximum absolute atomic E-state index is 12.4. The molecule has 1 N–H and O–H groups in total. The Labute approximate surface area is 153 Å². The zero-order valence-corrected chi connectivity index (χ0v) is 16.0. The molecule has 0 saturated heterocycles. The molecule has 136 valence electrons. The summed E-state index contributed by atoms with van der Waals surface area (Å²) in [5.74, 6) is 1.13. The Balaban J connectivity index is 2.13. The molecule has 0 atom stereocenters. The van der Waals surface area contributed by atoms with Crippen molar-refractivity contribution in [2.24, 2.45) is 7.05 Å². The van der Waals surface area contributed by atoms with E-state index in [1.807, 2.05) is 26.8 Å². The summed E-state index contributed by atoms with van der Waals surface area (Å²) in [6, 6.07) is 5.38. The normalized spacial score (nSPS) is 10.8. The maximum Gasteiger partial charge on any atom is 0.269 e. The van der Waals surface area contributed by atoms with Gasteiger partial charge in [0.15, 0.2) is 11.5 Å². The van der Waals surface area contributed by atoms with Crippen molar-refractivity contribution in [3.63, 3.8) is 0 Å². The number of aromatic nitrogens is 2. The number of benzene rings is 1. The Hall–Kier alpha value is -2.21. The van der Waals surface area contributed by atoms with Crippen LogP contribution in [0.4, 0.5) is 0 Å². The van der Waals surface area contributed by atoms with Gasteiger partial charge in [-0.25, -0.2) is 0 Å². The number of carbonyl (C=O) groups excluding carboxylic acids is 1. The molecule has 0 fully saturated rings. The highest BCUT2D eigenvalue weighted by Crippen LogP contribution is 2.36. The van der Waals surface area contributed by atoms with Crippen molar-refractivity contribution in [2.45, 2.75) is 33.2 Å². The Kier molecular flexibility index (Phi) is 6.31. The van der Waals surface area contributed by atoms with Crippen LogP contribution >= 0.6 is 11.6 Å². The second kappa shape index (κ2) is 8.25. The third-order valence-electron chi connectivity index (χ3n) is 3.75. The lowest BCUT2D eigenvalue weighted by molar-refractivity contribution is 0.0941. The van der Waals surface area contributed by atoms with Crippen molar-refractivity contribution in [1.29, 1.82) is 0 Å². The predicted octanol–water partition coefficient (Wildman–Crippen LogP) is 3.53. The summed E-state index contributed by atoms with van der Waals surface area (Å²) in [5, 5.41) is 7.69. The molecule has 1 heterocycles. The van der Waals surface area contributed by atoms with Crippen molar-refractivity contribution < 1.29 is 14.3 Å². The SMILES string of the molecule is CCOc1c(Cl)cc(CNC(=O)c2cc(C(C)C)nn2C)cc1OC. The van der Waals surface area contributed by atoms with Gasteiger partial charge in [0.05, 0.1) is 24.4 Å². The Morgan fingerprint density at radius 1 is 1.36 bits per heavy atom. The van der Waals surface area contributed by atoms with E-state index in [1.54, 1.807) is 31.0 Å². The van der Waals surface area contributed by atoms with Gasteiger partial charge >= 0.3 is 0 Å². The third-order valence-corrected chi connectivity index (χ3v) is 4.03. The minimum absolute atomic E-state index is 0.189. The van der Waals surface area contributed by atoms with Gasteiger partial charge in [0.1, 0.15) is 5.69 Å². The van der Waals surface area contributed by atoms with Gasteiger partial charge in [-0.1, -0.05) is 25.4 Å². The molecule has 1 amide bonds. The molecule has 2 aromatic rings. The highest BCUT2D eigenvalue weighted by Gasteiger charge is 2.16. The van der Waals surface area contributed by atoms with Crippen LogP contribution in [0.15, 0.2) is 18.2 Å². The molecule has 0 unspecified atom stereocenters. The molecule has 6 nitrogen and oxygen atoms in total. The number of aryl methyl sites for hydroxylation is 1. The lowest BCUT2D eigenvalue weighted by atomic mass is 10.1. The number of methoxy groups -OCH3 is 1. The first-order valence-corrected chi connectivity index (χ1v) is 8.56. The first kappa shape index (κ1) is 19.1. The van der Waals surface area contributed by atoms with Crippen molar-refractivity contribution >= 4 is 17.5 Å². The molecule has 0 aliphatic heterocycles. The van der Waals surface area contributed by atoms with E-state index >= 15 is 0 Å². The van der Waals surface area contributed by atoms with E-state index in [4.69, 9.17) is 21.1 Å². The lowest BCUT2D eigenvalue weighted by Gasteiger charge is -2.13. The summed E-state index contributed by atoms with van der Waals surface area (Å²) in [6.45, 7) is 6.77. The zero-order valence-electron chi connectivity index (χ0n) is 15.2. The monoisotopic (exact) mass is 365 g/mol. The van der Waals surface area contributed by atoms with Crippen LogP contribution in [0.3, 0.4) is 0 Å². The highest BCUT2D eigenvalue weighted by molar-refractivity contribution is 6.32. The molecule has 0 saturated carbocycles. The largest absolute Gasteiger partial charge is 0.493 e. The fraction of sp³-hybridized carbons (Fsp3) is 0.444. The number of hydrogen-bond acceptors (Lipinski definition) is 4. The fourth-order valence-corrected chi connectivity index (χ4v) is 2.70. The summed E-state index contributed by atoms with van der Waals surface area (Å²) in [4.78, 5) is 12.4. The molecule has 1 aromatic carbocycles. The summed E-state index contributed by atoms with van der Waals surface area (Å²) < 4.78 is 12.4. The molecule has 0 aliphatic rings. The number of hydrogen-bond donors (Lipinski definition) is 1. The Bertz CT molecular complexity index is 756. The summed E-state index contributed by atoms with van der Waals surface area (Å²) in [6.07, 6.45) is 0. The second-order valence-electron chi connectivity index (χ2n) is 5.96. The molecule has 0 aliphatic carbocycles. The number of nitrogens with one attached hydrogen (secondary N) is 1. The fourth-order valence-electron chi connectivity index (χ4n) is 2.42. The number of amides is 1. The Morgan fingerprint density at radius 3 is 2.64 bits per heavy atom. The van der Waals surface area contributed by atoms with Crippen molar-refractivity contribution in [3.8, 4) is 11.5 Å². The quantitative estimate of drug-likeness (QED) is 0.815. The molecule has 2 rings (SSSR count). The first-order valence-electron chi connectivity index (χ1n) is 8.18. The minimum Gasteiger partial charge on any atom is -0.493 e. The van der Waals surface area contributed by atoms with Gasteiger partial charge in [-0.2, -0.15) is 5.10 Å². The lowest BCUT2D eigenvalue weighted by Crippen LogP contribution is -2.25. The number of carbonyl (C=O) groups is 1. The van der Waals surface area contributed by atoms with Gasteiger partial charge in [-0.15, -0.1) is 0 Å². The van der Waals surface area contributed by atoms with Crippen molar-refractivity contribution in [1.82, 2.24) is 15.1 Å². The van der Waals surface area contributed by atoms with E-state index in [0.717, 1.165) is 11.3 Å². The van der Waals surface area contributed by atoms with Crippen LogP contribution in [0.2, 0.25) is 5.02 Å². The zero-order chi connectivity index (χ0) is 18.6. The minimum atomic E-state index is -0.189. The topological polar surface area (TPSA) is 65.4 Å². The van der Waals surface area contributed by atoms with Crippen LogP contribution in [0, 0.1) is 0 Å². The van der Waals surface area contributed by atoms with Crippen LogP contribution in [0.25, 0.3) is 0 Å². The molecule has 25 heavy (non-hydrogen) atoms. The number of rotatable bonds is 7. The van der Waals surface area contributed by atoms with E-state index in [-0.39, 0.29) is 11.8 Å². The van der Waals surface area contributed by atoms with Crippen LogP contribution in [0.5, 0.6) is 11.5 Å². The average Bonchev–Trinajstić information content (AvgIpc) is 2.97. The molecule has 0 spiro atoms. The maximum atomic E-state index is 12.4. The Morgan fingerprint density at radius 2 is 2.08 bits per heavy atom. The molecule has 1 aromatic heterocycles. The van der Waals surface area contributed by atoms with E-state index in [2.05, 4.69) is 10.4 Å². The average molecular weight is 366 g/mol. The molecule has 0 bridgehead atoms. The van der Waals surface area contributed by atoms with E-state index < -0.39 is 0 Å². The predicted molar refractivity (Wildman–Crippen MR) is 97.6 cm³/mol. The van der Waals surface area contributed by atoms with Crippen LogP contribution in [0.1, 0.15) is 48.4 Å². The van der Waals surface area contributed by atoms with E-state index in [1.165, 1.54) is 0 Å². The molecule has 7 heteroatoms. The number of halogens is 1. The summed E-state index contributed by atoms with van der Waals surface area (Å²) in [5.41, 5.74) is 2.23. The van der Waals surface area contributed by atoms with Crippen LogP contribution < -0.4 is 14.8 Å². The molecule has 0 radical (unpaired) electrons. The number of ether oxygens (including phenoxy) is 2. The van der Waals surface area contributed by atoms with E-state index in [9.17, 15) is 4.79 Å². The number of nitrogens with zero attached hydrogens (tertiary/aromatic N) is 2. The van der Waals surface area contributed by atoms with Crippen LogP contribution in [-0.4, -0.2) is 29.4 Å². The molecular weight excluding hydrogens is 342 g/mol. The summed E-state index contributed by atoms with van der Waals surface area (Å²) >= 11 is 6.26. The first-order chi connectivity index (χ1) is 11.9. The van der Waals surface area contributed by atoms with Crippen molar-refractivity contribution in [2.75, 3.05) is 13.7 Å². The molecular formula is C18H24ClN3O3. The third kappa shape index (κ3) is 4.45.